The molecule has 1 amide bonds. The first-order chi connectivity index (χ1) is 8.17. The van der Waals surface area contributed by atoms with E-state index in [1.807, 2.05) is 12.1 Å². The van der Waals surface area contributed by atoms with E-state index in [4.69, 9.17) is 15.6 Å². The second-order valence-corrected chi connectivity index (χ2v) is 3.67. The number of primary amides is 1. The van der Waals surface area contributed by atoms with Gasteiger partial charge in [0.2, 0.25) is 5.91 Å². The SMILES string of the molecule is CNC(COc1ccc(CCO)cc1)C(N)=O. The number of rotatable bonds is 7. The Balaban J connectivity index is 2.49. The first-order valence-corrected chi connectivity index (χ1v) is 5.46. The van der Waals surface area contributed by atoms with E-state index in [0.29, 0.717) is 12.2 Å². The van der Waals surface area contributed by atoms with Crippen molar-refractivity contribution in [2.24, 2.45) is 5.73 Å². The summed E-state index contributed by atoms with van der Waals surface area (Å²) in [6.45, 7) is 0.328. The maximum absolute atomic E-state index is 10.9. The van der Waals surface area contributed by atoms with Crippen LogP contribution in [-0.2, 0) is 11.2 Å². The number of carbonyl (C=O) groups excluding carboxylic acids is 1. The van der Waals surface area contributed by atoms with Crippen LogP contribution in [0.1, 0.15) is 5.56 Å². The molecule has 94 valence electrons. The van der Waals surface area contributed by atoms with Crippen molar-refractivity contribution in [3.05, 3.63) is 29.8 Å². The van der Waals surface area contributed by atoms with Crippen molar-refractivity contribution in [3.8, 4) is 5.75 Å². The van der Waals surface area contributed by atoms with E-state index in [-0.39, 0.29) is 13.2 Å². The minimum Gasteiger partial charge on any atom is -0.491 e. The Bertz CT molecular complexity index is 351. The van der Waals surface area contributed by atoms with Crippen LogP contribution in [0.15, 0.2) is 24.3 Å². The van der Waals surface area contributed by atoms with Crippen LogP contribution in [0.4, 0.5) is 0 Å². The largest absolute Gasteiger partial charge is 0.491 e. The number of nitrogens with two attached hydrogens (primary N) is 1. The van der Waals surface area contributed by atoms with Crippen molar-refractivity contribution in [3.63, 3.8) is 0 Å². The van der Waals surface area contributed by atoms with Gasteiger partial charge in [-0.3, -0.25) is 4.79 Å². The molecule has 1 aromatic rings. The third-order valence-electron chi connectivity index (χ3n) is 2.43. The summed E-state index contributed by atoms with van der Waals surface area (Å²) < 4.78 is 5.43. The van der Waals surface area contributed by atoms with E-state index in [2.05, 4.69) is 5.32 Å². The molecule has 5 nitrogen and oxygen atoms in total. The lowest BCUT2D eigenvalue weighted by molar-refractivity contribution is -0.120. The van der Waals surface area contributed by atoms with E-state index in [1.54, 1.807) is 19.2 Å². The van der Waals surface area contributed by atoms with Crippen LogP contribution in [0.5, 0.6) is 5.75 Å². The van der Waals surface area contributed by atoms with Gasteiger partial charge >= 0.3 is 0 Å². The highest BCUT2D eigenvalue weighted by molar-refractivity contribution is 5.79. The summed E-state index contributed by atoms with van der Waals surface area (Å²) in [5, 5.41) is 11.5. The molecule has 1 rings (SSSR count). The number of ether oxygens (including phenoxy) is 1. The zero-order valence-corrected chi connectivity index (χ0v) is 9.85. The van der Waals surface area contributed by atoms with Crippen LogP contribution in [-0.4, -0.2) is 37.3 Å². The molecule has 1 aromatic carbocycles. The second-order valence-electron chi connectivity index (χ2n) is 3.67. The summed E-state index contributed by atoms with van der Waals surface area (Å²) in [4.78, 5) is 10.9. The lowest BCUT2D eigenvalue weighted by Crippen LogP contribution is -2.43. The molecule has 0 radical (unpaired) electrons. The Hall–Kier alpha value is -1.59. The Morgan fingerprint density at radius 2 is 2.12 bits per heavy atom. The molecule has 0 aromatic heterocycles. The zero-order chi connectivity index (χ0) is 12.7. The Morgan fingerprint density at radius 1 is 1.47 bits per heavy atom. The van der Waals surface area contributed by atoms with Crippen molar-refractivity contribution in [1.29, 1.82) is 0 Å². The fraction of sp³-hybridized carbons (Fsp3) is 0.417. The molecule has 0 saturated heterocycles. The molecular weight excluding hydrogens is 220 g/mol. The smallest absolute Gasteiger partial charge is 0.238 e. The van der Waals surface area contributed by atoms with Crippen molar-refractivity contribution >= 4 is 5.91 Å². The van der Waals surface area contributed by atoms with Gasteiger partial charge in [-0.05, 0) is 31.2 Å². The highest BCUT2D eigenvalue weighted by atomic mass is 16.5. The fourth-order valence-corrected chi connectivity index (χ4v) is 1.37. The molecule has 1 unspecified atom stereocenters. The number of likely N-dealkylation sites (N-methyl/N-ethyl adjacent to an activating group) is 1. The molecule has 0 heterocycles. The normalized spacial score (nSPS) is 12.1. The minimum atomic E-state index is -0.493. The van der Waals surface area contributed by atoms with Gasteiger partial charge in [-0.25, -0.2) is 0 Å². The van der Waals surface area contributed by atoms with Gasteiger partial charge < -0.3 is 20.9 Å². The molecule has 17 heavy (non-hydrogen) atoms. The zero-order valence-electron chi connectivity index (χ0n) is 9.85. The number of aliphatic hydroxyl groups is 1. The van der Waals surface area contributed by atoms with E-state index >= 15 is 0 Å². The molecule has 0 spiro atoms. The van der Waals surface area contributed by atoms with Crippen LogP contribution in [0.2, 0.25) is 0 Å². The summed E-state index contributed by atoms with van der Waals surface area (Å²) in [6.07, 6.45) is 0.626. The fourth-order valence-electron chi connectivity index (χ4n) is 1.37. The van der Waals surface area contributed by atoms with Crippen LogP contribution in [0.3, 0.4) is 0 Å². The van der Waals surface area contributed by atoms with E-state index < -0.39 is 11.9 Å². The van der Waals surface area contributed by atoms with Gasteiger partial charge in [-0.1, -0.05) is 12.1 Å². The quantitative estimate of drug-likeness (QED) is 0.607. The van der Waals surface area contributed by atoms with Gasteiger partial charge in [0.25, 0.3) is 0 Å². The number of hydrogen-bond donors (Lipinski definition) is 3. The molecule has 0 saturated carbocycles. The van der Waals surface area contributed by atoms with E-state index in [1.165, 1.54) is 0 Å². The van der Waals surface area contributed by atoms with Crippen molar-refractivity contribution in [2.45, 2.75) is 12.5 Å². The number of nitrogens with one attached hydrogen (secondary N) is 1. The molecular formula is C12H18N2O3. The molecule has 0 aliphatic rings. The highest BCUT2D eigenvalue weighted by Gasteiger charge is 2.12. The Morgan fingerprint density at radius 3 is 2.59 bits per heavy atom. The third kappa shape index (κ3) is 4.42. The lowest BCUT2D eigenvalue weighted by atomic mass is 10.1. The minimum absolute atomic E-state index is 0.129. The molecule has 0 fully saturated rings. The Kier molecular flexibility index (Phi) is 5.45. The van der Waals surface area contributed by atoms with Crippen molar-refractivity contribution in [2.75, 3.05) is 20.3 Å². The number of carbonyl (C=O) groups is 1. The number of benzene rings is 1. The average molecular weight is 238 g/mol. The summed E-state index contributed by atoms with van der Waals surface area (Å²) in [5.74, 6) is 0.234. The second kappa shape index (κ2) is 6.88. The predicted octanol–water partition coefficient (Wildman–Crippen LogP) is -0.327. The summed E-state index contributed by atoms with van der Waals surface area (Å²) in [6, 6.07) is 6.87. The maximum atomic E-state index is 10.9. The highest BCUT2D eigenvalue weighted by Crippen LogP contribution is 2.12. The lowest BCUT2D eigenvalue weighted by Gasteiger charge is -2.13. The summed E-state index contributed by atoms with van der Waals surface area (Å²) in [5.41, 5.74) is 6.21. The molecule has 5 heteroatoms. The summed E-state index contributed by atoms with van der Waals surface area (Å²) >= 11 is 0. The third-order valence-corrected chi connectivity index (χ3v) is 2.43. The van der Waals surface area contributed by atoms with Gasteiger partial charge in [0, 0.05) is 6.61 Å². The molecule has 0 aliphatic heterocycles. The molecule has 0 aliphatic carbocycles. The topological polar surface area (TPSA) is 84.6 Å². The number of aliphatic hydroxyl groups excluding tert-OH is 1. The van der Waals surface area contributed by atoms with E-state index in [9.17, 15) is 4.79 Å². The molecule has 1 atom stereocenters. The van der Waals surface area contributed by atoms with Crippen molar-refractivity contribution in [1.82, 2.24) is 5.32 Å². The van der Waals surface area contributed by atoms with Crippen LogP contribution in [0, 0.1) is 0 Å². The van der Waals surface area contributed by atoms with Crippen LogP contribution in [0.25, 0.3) is 0 Å². The first-order valence-electron chi connectivity index (χ1n) is 5.46. The van der Waals surface area contributed by atoms with Gasteiger partial charge in [-0.15, -0.1) is 0 Å². The van der Waals surface area contributed by atoms with Gasteiger partial charge in [0.15, 0.2) is 0 Å². The Labute approximate surface area is 101 Å². The molecule has 4 N–H and O–H groups in total. The van der Waals surface area contributed by atoms with E-state index in [0.717, 1.165) is 5.56 Å². The van der Waals surface area contributed by atoms with Crippen LogP contribution < -0.4 is 15.8 Å². The van der Waals surface area contributed by atoms with Crippen molar-refractivity contribution < 1.29 is 14.6 Å². The first kappa shape index (κ1) is 13.5. The number of hydrogen-bond acceptors (Lipinski definition) is 4. The predicted molar refractivity (Wildman–Crippen MR) is 64.8 cm³/mol. The van der Waals surface area contributed by atoms with Crippen LogP contribution >= 0.6 is 0 Å². The standard InChI is InChI=1S/C12H18N2O3/c1-14-11(12(13)16)8-17-10-4-2-9(3-5-10)6-7-15/h2-5,11,14-15H,6-8H2,1H3,(H2,13,16). The summed E-state index contributed by atoms with van der Waals surface area (Å²) in [7, 11) is 1.66. The average Bonchev–Trinajstić information content (AvgIpc) is 2.32. The molecule has 0 bridgehead atoms. The van der Waals surface area contributed by atoms with Gasteiger partial charge in [0.1, 0.15) is 18.4 Å². The van der Waals surface area contributed by atoms with Gasteiger partial charge in [0.05, 0.1) is 0 Å². The number of amides is 1. The van der Waals surface area contributed by atoms with Gasteiger partial charge in [-0.2, -0.15) is 0 Å². The monoisotopic (exact) mass is 238 g/mol. The maximum Gasteiger partial charge on any atom is 0.238 e.